The Morgan fingerprint density at radius 3 is 2.67 bits per heavy atom. The van der Waals surface area contributed by atoms with Crippen molar-refractivity contribution in [2.24, 2.45) is 17.6 Å². The van der Waals surface area contributed by atoms with Gasteiger partial charge >= 0.3 is 0 Å². The van der Waals surface area contributed by atoms with Crippen molar-refractivity contribution in [1.82, 2.24) is 4.90 Å². The van der Waals surface area contributed by atoms with Crippen molar-refractivity contribution in [3.05, 3.63) is 0 Å². The molecule has 0 aromatic carbocycles. The van der Waals surface area contributed by atoms with Gasteiger partial charge in [-0.3, -0.25) is 0 Å². The number of nitrogens with zero attached hydrogens (tertiary/aromatic N) is 1. The Balaban J connectivity index is 2.12. The SMILES string of the molecule is CC1[C@@H]2CN(C)C[C@]12N. The molecule has 0 radical (unpaired) electrons. The van der Waals surface area contributed by atoms with Crippen molar-refractivity contribution in [2.75, 3.05) is 20.1 Å². The van der Waals surface area contributed by atoms with Crippen LogP contribution in [0.4, 0.5) is 0 Å². The summed E-state index contributed by atoms with van der Waals surface area (Å²) in [6, 6.07) is 0. The minimum atomic E-state index is 0.217. The van der Waals surface area contributed by atoms with Crippen molar-refractivity contribution >= 4 is 0 Å². The maximum absolute atomic E-state index is 6.04. The van der Waals surface area contributed by atoms with Crippen LogP contribution in [0.1, 0.15) is 6.92 Å². The van der Waals surface area contributed by atoms with E-state index < -0.39 is 0 Å². The molecule has 0 bridgehead atoms. The minimum absolute atomic E-state index is 0.217. The van der Waals surface area contributed by atoms with E-state index in [9.17, 15) is 0 Å². The van der Waals surface area contributed by atoms with Crippen LogP contribution in [-0.2, 0) is 0 Å². The lowest BCUT2D eigenvalue weighted by atomic mass is 10.2. The zero-order valence-corrected chi connectivity index (χ0v) is 6.09. The van der Waals surface area contributed by atoms with E-state index in [-0.39, 0.29) is 5.54 Å². The first-order valence-electron chi connectivity index (χ1n) is 3.62. The fourth-order valence-corrected chi connectivity index (χ4v) is 2.21. The number of rotatable bonds is 0. The molecule has 1 aliphatic heterocycles. The average Bonchev–Trinajstić information content (AvgIpc) is 2.23. The summed E-state index contributed by atoms with van der Waals surface area (Å²) in [4.78, 5) is 2.32. The Bertz CT molecular complexity index is 146. The van der Waals surface area contributed by atoms with Gasteiger partial charge in [-0.1, -0.05) is 6.92 Å². The third-order valence-electron chi connectivity index (χ3n) is 3.08. The highest BCUT2D eigenvalue weighted by Crippen LogP contribution is 2.52. The molecule has 52 valence electrons. The van der Waals surface area contributed by atoms with E-state index in [1.807, 2.05) is 0 Å². The standard InChI is InChI=1S/C7H14N2/c1-5-6-3-9(2)4-7(5,6)8/h5-6H,3-4,8H2,1-2H3/t5?,6-,7-/m0/s1. The molecule has 1 unspecified atom stereocenters. The summed E-state index contributed by atoms with van der Waals surface area (Å²) in [6.07, 6.45) is 0. The first-order valence-corrected chi connectivity index (χ1v) is 3.62. The summed E-state index contributed by atoms with van der Waals surface area (Å²) >= 11 is 0. The molecular formula is C7H14N2. The van der Waals surface area contributed by atoms with Gasteiger partial charge in [-0.05, 0) is 18.9 Å². The number of piperidine rings is 1. The minimum Gasteiger partial charge on any atom is -0.323 e. The normalized spacial score (nSPS) is 57.7. The molecule has 2 N–H and O–H groups in total. The van der Waals surface area contributed by atoms with Crippen molar-refractivity contribution in [2.45, 2.75) is 12.5 Å². The topological polar surface area (TPSA) is 29.3 Å². The Labute approximate surface area is 56.0 Å². The fraction of sp³-hybridized carbons (Fsp3) is 1.00. The van der Waals surface area contributed by atoms with Crippen molar-refractivity contribution in [3.8, 4) is 0 Å². The molecular weight excluding hydrogens is 112 g/mol. The molecule has 3 atom stereocenters. The van der Waals surface area contributed by atoms with Crippen LogP contribution < -0.4 is 5.73 Å². The van der Waals surface area contributed by atoms with E-state index in [0.717, 1.165) is 18.4 Å². The van der Waals surface area contributed by atoms with Crippen LogP contribution in [0.2, 0.25) is 0 Å². The second kappa shape index (κ2) is 1.32. The maximum atomic E-state index is 6.04. The Morgan fingerprint density at radius 2 is 2.33 bits per heavy atom. The molecule has 2 aliphatic rings. The Hall–Kier alpha value is -0.0800. The lowest BCUT2D eigenvalue weighted by Gasteiger charge is -2.13. The lowest BCUT2D eigenvalue weighted by Crippen LogP contribution is -2.33. The highest BCUT2D eigenvalue weighted by molar-refractivity contribution is 5.20. The molecule has 0 spiro atoms. The summed E-state index contributed by atoms with van der Waals surface area (Å²) < 4.78 is 0. The molecule has 2 heteroatoms. The van der Waals surface area contributed by atoms with Gasteiger partial charge in [0, 0.05) is 18.6 Å². The van der Waals surface area contributed by atoms with Gasteiger partial charge in [-0.15, -0.1) is 0 Å². The van der Waals surface area contributed by atoms with Gasteiger partial charge in [-0.25, -0.2) is 0 Å². The van der Waals surface area contributed by atoms with Crippen LogP contribution in [-0.4, -0.2) is 30.6 Å². The third kappa shape index (κ3) is 0.528. The second-order valence-corrected chi connectivity index (χ2v) is 3.70. The molecule has 1 saturated heterocycles. The van der Waals surface area contributed by atoms with Crippen LogP contribution in [0.25, 0.3) is 0 Å². The predicted molar refractivity (Wildman–Crippen MR) is 37.1 cm³/mol. The van der Waals surface area contributed by atoms with Gasteiger partial charge in [0.1, 0.15) is 0 Å². The summed E-state index contributed by atoms with van der Waals surface area (Å²) in [5.74, 6) is 1.59. The van der Waals surface area contributed by atoms with Gasteiger partial charge in [-0.2, -0.15) is 0 Å². The average molecular weight is 126 g/mol. The molecule has 2 rings (SSSR count). The molecule has 0 amide bonds. The molecule has 0 aromatic heterocycles. The zero-order chi connectivity index (χ0) is 6.65. The second-order valence-electron chi connectivity index (χ2n) is 3.70. The first-order chi connectivity index (χ1) is 4.14. The molecule has 1 saturated carbocycles. The Kier molecular flexibility index (Phi) is 0.837. The van der Waals surface area contributed by atoms with E-state index in [4.69, 9.17) is 5.73 Å². The van der Waals surface area contributed by atoms with E-state index >= 15 is 0 Å². The smallest absolute Gasteiger partial charge is 0.0357 e. The molecule has 2 fully saturated rings. The molecule has 1 aliphatic carbocycles. The van der Waals surface area contributed by atoms with Crippen molar-refractivity contribution in [1.29, 1.82) is 0 Å². The van der Waals surface area contributed by atoms with E-state index in [1.54, 1.807) is 0 Å². The summed E-state index contributed by atoms with van der Waals surface area (Å²) in [7, 11) is 2.15. The predicted octanol–water partition coefficient (Wildman–Crippen LogP) is -0.105. The van der Waals surface area contributed by atoms with Crippen LogP contribution in [0, 0.1) is 11.8 Å². The summed E-state index contributed by atoms with van der Waals surface area (Å²) in [5, 5.41) is 0. The van der Waals surface area contributed by atoms with Gasteiger partial charge in [0.15, 0.2) is 0 Å². The number of hydrogen-bond donors (Lipinski definition) is 1. The molecule has 9 heavy (non-hydrogen) atoms. The lowest BCUT2D eigenvalue weighted by molar-refractivity contribution is 0.339. The number of hydrogen-bond acceptors (Lipinski definition) is 2. The zero-order valence-electron chi connectivity index (χ0n) is 6.09. The van der Waals surface area contributed by atoms with Gasteiger partial charge in [0.25, 0.3) is 0 Å². The van der Waals surface area contributed by atoms with Crippen molar-refractivity contribution in [3.63, 3.8) is 0 Å². The number of fused-ring (bicyclic) bond motifs is 1. The highest BCUT2D eigenvalue weighted by Gasteiger charge is 2.63. The van der Waals surface area contributed by atoms with E-state index in [0.29, 0.717) is 0 Å². The van der Waals surface area contributed by atoms with Crippen LogP contribution in [0.5, 0.6) is 0 Å². The van der Waals surface area contributed by atoms with Gasteiger partial charge < -0.3 is 10.6 Å². The number of likely N-dealkylation sites (N-methyl/N-ethyl adjacent to an activating group) is 1. The fourth-order valence-electron chi connectivity index (χ4n) is 2.21. The largest absolute Gasteiger partial charge is 0.323 e. The summed E-state index contributed by atoms with van der Waals surface area (Å²) in [5.41, 5.74) is 6.26. The molecule has 2 nitrogen and oxygen atoms in total. The maximum Gasteiger partial charge on any atom is 0.0357 e. The van der Waals surface area contributed by atoms with Gasteiger partial charge in [0.2, 0.25) is 0 Å². The third-order valence-corrected chi connectivity index (χ3v) is 3.08. The molecule has 0 aromatic rings. The van der Waals surface area contributed by atoms with Crippen LogP contribution >= 0.6 is 0 Å². The number of likely N-dealkylation sites (tertiary alicyclic amines) is 1. The Morgan fingerprint density at radius 1 is 1.67 bits per heavy atom. The van der Waals surface area contributed by atoms with Crippen molar-refractivity contribution < 1.29 is 0 Å². The van der Waals surface area contributed by atoms with Crippen LogP contribution in [0.3, 0.4) is 0 Å². The summed E-state index contributed by atoms with van der Waals surface area (Å²) in [6.45, 7) is 4.59. The number of nitrogens with two attached hydrogens (primary N) is 1. The monoisotopic (exact) mass is 126 g/mol. The van der Waals surface area contributed by atoms with Crippen LogP contribution in [0.15, 0.2) is 0 Å². The van der Waals surface area contributed by atoms with E-state index in [2.05, 4.69) is 18.9 Å². The first kappa shape index (κ1) is 5.69. The van der Waals surface area contributed by atoms with E-state index in [1.165, 1.54) is 6.54 Å². The molecule has 1 heterocycles. The van der Waals surface area contributed by atoms with Gasteiger partial charge in [0.05, 0.1) is 0 Å². The highest BCUT2D eigenvalue weighted by atomic mass is 15.2. The quantitative estimate of drug-likeness (QED) is 0.491.